The second kappa shape index (κ2) is 9.05. The van der Waals surface area contributed by atoms with Crippen molar-refractivity contribution in [2.45, 2.75) is 50.2 Å². The van der Waals surface area contributed by atoms with E-state index in [-0.39, 0.29) is 23.8 Å². The molecule has 6 nitrogen and oxygen atoms in total. The van der Waals surface area contributed by atoms with Crippen LogP contribution in [0.1, 0.15) is 42.9 Å². The molecular formula is C22H30FN5O. The molecule has 2 atom stereocenters. The highest BCUT2D eigenvalue weighted by Gasteiger charge is 2.32. The largest absolute Gasteiger partial charge is 0.348 e. The first-order valence-electron chi connectivity index (χ1n) is 10.6. The summed E-state index contributed by atoms with van der Waals surface area (Å²) in [6, 6.07) is 7.52. The fourth-order valence-electron chi connectivity index (χ4n) is 4.46. The van der Waals surface area contributed by atoms with E-state index in [4.69, 9.17) is 0 Å². The number of hydrogen-bond donors (Lipinski definition) is 2. The third-order valence-electron chi connectivity index (χ3n) is 6.15. The van der Waals surface area contributed by atoms with E-state index in [1.165, 1.54) is 17.7 Å². The molecule has 7 heteroatoms. The van der Waals surface area contributed by atoms with Crippen LogP contribution in [0.4, 0.5) is 4.39 Å². The van der Waals surface area contributed by atoms with Gasteiger partial charge in [0.1, 0.15) is 5.82 Å². The lowest BCUT2D eigenvalue weighted by atomic mass is 9.91. The molecule has 0 saturated carbocycles. The van der Waals surface area contributed by atoms with Crippen molar-refractivity contribution in [3.05, 3.63) is 53.6 Å². The van der Waals surface area contributed by atoms with E-state index in [0.29, 0.717) is 12.5 Å². The van der Waals surface area contributed by atoms with Crippen LogP contribution < -0.4 is 10.6 Å². The van der Waals surface area contributed by atoms with Crippen molar-refractivity contribution in [1.82, 2.24) is 25.3 Å². The first-order chi connectivity index (χ1) is 14.1. The molecule has 4 rings (SSSR count). The van der Waals surface area contributed by atoms with Crippen molar-refractivity contribution in [1.29, 1.82) is 0 Å². The number of carbonyl (C=O) groups excluding carboxylic acids is 1. The molecule has 2 N–H and O–H groups in total. The summed E-state index contributed by atoms with van der Waals surface area (Å²) < 4.78 is 14.8. The molecule has 1 aromatic heterocycles. The average molecular weight is 400 g/mol. The highest BCUT2D eigenvalue weighted by atomic mass is 19.1. The van der Waals surface area contributed by atoms with Gasteiger partial charge in [-0.3, -0.25) is 9.48 Å². The van der Waals surface area contributed by atoms with Crippen molar-refractivity contribution in [3.8, 4) is 0 Å². The molecule has 2 aromatic rings. The van der Waals surface area contributed by atoms with Crippen LogP contribution in [0.2, 0.25) is 0 Å². The van der Waals surface area contributed by atoms with Gasteiger partial charge in [0.05, 0.1) is 12.2 Å². The predicted molar refractivity (Wildman–Crippen MR) is 110 cm³/mol. The van der Waals surface area contributed by atoms with Gasteiger partial charge in [0.15, 0.2) is 0 Å². The number of hydrogen-bond acceptors (Lipinski definition) is 4. The smallest absolute Gasteiger partial charge is 0.220 e. The molecule has 2 aliphatic heterocycles. The topological polar surface area (TPSA) is 62.2 Å². The summed E-state index contributed by atoms with van der Waals surface area (Å²) in [6.07, 6.45) is 8.44. The van der Waals surface area contributed by atoms with Crippen molar-refractivity contribution in [2.75, 3.05) is 19.6 Å². The fraction of sp³-hybridized carbons (Fsp3) is 0.545. The van der Waals surface area contributed by atoms with Crippen LogP contribution in [0.15, 0.2) is 36.7 Å². The summed E-state index contributed by atoms with van der Waals surface area (Å²) in [5.41, 5.74) is 2.25. The van der Waals surface area contributed by atoms with E-state index < -0.39 is 0 Å². The van der Waals surface area contributed by atoms with Gasteiger partial charge < -0.3 is 15.5 Å². The summed E-state index contributed by atoms with van der Waals surface area (Å²) in [4.78, 5) is 14.4. The summed E-state index contributed by atoms with van der Waals surface area (Å²) >= 11 is 0. The zero-order valence-electron chi connectivity index (χ0n) is 17.0. The minimum atomic E-state index is -0.177. The molecule has 0 bridgehead atoms. The Morgan fingerprint density at radius 1 is 1.21 bits per heavy atom. The standard InChI is InChI=1S/C22H30FN5O/c1-27-15-17(14-24-27)22-20(6-7-21(29)26-22)25-19-9-12-28(13-10-19)11-8-16-2-4-18(23)5-3-16/h2-5,14-15,19-20,22,25H,6-13H2,1H3,(H,26,29)/t20-,22+/m1/s1. The fourth-order valence-corrected chi connectivity index (χ4v) is 4.46. The molecule has 29 heavy (non-hydrogen) atoms. The Labute approximate surface area is 171 Å². The van der Waals surface area contributed by atoms with Gasteiger partial charge in [-0.25, -0.2) is 4.39 Å². The van der Waals surface area contributed by atoms with E-state index in [9.17, 15) is 9.18 Å². The Morgan fingerprint density at radius 2 is 1.97 bits per heavy atom. The van der Waals surface area contributed by atoms with Gasteiger partial charge in [0.25, 0.3) is 0 Å². The molecule has 1 amide bonds. The molecule has 3 heterocycles. The van der Waals surface area contributed by atoms with Crippen LogP contribution in [0.25, 0.3) is 0 Å². The van der Waals surface area contributed by atoms with Gasteiger partial charge in [-0.2, -0.15) is 5.10 Å². The number of benzene rings is 1. The zero-order chi connectivity index (χ0) is 20.2. The van der Waals surface area contributed by atoms with Crippen LogP contribution in [0.5, 0.6) is 0 Å². The quantitative estimate of drug-likeness (QED) is 0.782. The summed E-state index contributed by atoms with van der Waals surface area (Å²) in [5, 5.41) is 11.2. The number of likely N-dealkylation sites (tertiary alicyclic amines) is 1. The SMILES string of the molecule is Cn1cc([C@@H]2NC(=O)CC[C@H]2NC2CCN(CCc3ccc(F)cc3)CC2)cn1. The third kappa shape index (κ3) is 5.22. The Kier molecular flexibility index (Phi) is 6.25. The lowest BCUT2D eigenvalue weighted by Gasteiger charge is -2.38. The zero-order valence-corrected chi connectivity index (χ0v) is 17.0. The molecule has 2 saturated heterocycles. The van der Waals surface area contributed by atoms with Crippen molar-refractivity contribution < 1.29 is 9.18 Å². The highest BCUT2D eigenvalue weighted by Crippen LogP contribution is 2.25. The maximum atomic E-state index is 13.0. The van der Waals surface area contributed by atoms with Gasteiger partial charge in [0.2, 0.25) is 5.91 Å². The predicted octanol–water partition coefficient (Wildman–Crippen LogP) is 2.18. The number of piperidine rings is 2. The second-order valence-electron chi connectivity index (χ2n) is 8.30. The van der Waals surface area contributed by atoms with Crippen LogP contribution >= 0.6 is 0 Å². The minimum absolute atomic E-state index is 0.0125. The number of nitrogens with zero attached hydrogens (tertiary/aromatic N) is 3. The van der Waals surface area contributed by atoms with Gasteiger partial charge in [0, 0.05) is 43.9 Å². The number of aryl methyl sites for hydroxylation is 1. The maximum Gasteiger partial charge on any atom is 0.220 e. The third-order valence-corrected chi connectivity index (χ3v) is 6.15. The molecule has 0 radical (unpaired) electrons. The Balaban J connectivity index is 1.27. The number of halogens is 1. The number of aromatic nitrogens is 2. The number of carbonyl (C=O) groups is 1. The molecule has 2 fully saturated rings. The molecular weight excluding hydrogens is 369 g/mol. The summed E-state index contributed by atoms with van der Waals surface area (Å²) in [5.74, 6) is -0.0587. The molecule has 0 aliphatic carbocycles. The number of amides is 1. The molecule has 0 spiro atoms. The normalized spacial score (nSPS) is 23.9. The number of rotatable bonds is 6. The number of nitrogens with one attached hydrogen (secondary N) is 2. The second-order valence-corrected chi connectivity index (χ2v) is 8.30. The van der Waals surface area contributed by atoms with Gasteiger partial charge in [-0.05, 0) is 56.5 Å². The Hall–Kier alpha value is -2.25. The van der Waals surface area contributed by atoms with Crippen LogP contribution in [-0.4, -0.2) is 52.3 Å². The van der Waals surface area contributed by atoms with E-state index in [1.807, 2.05) is 31.6 Å². The van der Waals surface area contributed by atoms with Crippen LogP contribution in [0.3, 0.4) is 0 Å². The lowest BCUT2D eigenvalue weighted by Crippen LogP contribution is -2.53. The van der Waals surface area contributed by atoms with E-state index in [0.717, 1.165) is 50.9 Å². The molecule has 2 aliphatic rings. The molecule has 0 unspecified atom stereocenters. The van der Waals surface area contributed by atoms with E-state index in [2.05, 4.69) is 20.6 Å². The lowest BCUT2D eigenvalue weighted by molar-refractivity contribution is -0.124. The van der Waals surface area contributed by atoms with Gasteiger partial charge in [-0.15, -0.1) is 0 Å². The molecule has 1 aromatic carbocycles. The Morgan fingerprint density at radius 3 is 2.66 bits per heavy atom. The van der Waals surface area contributed by atoms with Gasteiger partial charge >= 0.3 is 0 Å². The highest BCUT2D eigenvalue weighted by molar-refractivity contribution is 5.77. The van der Waals surface area contributed by atoms with Crippen LogP contribution in [-0.2, 0) is 18.3 Å². The van der Waals surface area contributed by atoms with E-state index in [1.54, 1.807) is 4.68 Å². The maximum absolute atomic E-state index is 13.0. The molecule has 156 valence electrons. The van der Waals surface area contributed by atoms with Gasteiger partial charge in [-0.1, -0.05) is 12.1 Å². The first kappa shape index (κ1) is 20.0. The first-order valence-corrected chi connectivity index (χ1v) is 10.6. The van der Waals surface area contributed by atoms with Crippen LogP contribution in [0, 0.1) is 5.82 Å². The van der Waals surface area contributed by atoms with E-state index >= 15 is 0 Å². The summed E-state index contributed by atoms with van der Waals surface area (Å²) in [7, 11) is 1.90. The average Bonchev–Trinajstić information content (AvgIpc) is 3.16. The summed E-state index contributed by atoms with van der Waals surface area (Å²) in [6.45, 7) is 3.14. The van der Waals surface area contributed by atoms with Crippen molar-refractivity contribution in [3.63, 3.8) is 0 Å². The van der Waals surface area contributed by atoms with Crippen molar-refractivity contribution >= 4 is 5.91 Å². The minimum Gasteiger partial charge on any atom is -0.348 e. The van der Waals surface area contributed by atoms with Crippen molar-refractivity contribution in [2.24, 2.45) is 7.05 Å². The Bertz CT molecular complexity index is 813. The monoisotopic (exact) mass is 399 g/mol.